The highest BCUT2D eigenvalue weighted by molar-refractivity contribution is 5.45. The molecule has 0 unspecified atom stereocenters. The van der Waals surface area contributed by atoms with Gasteiger partial charge in [0.25, 0.3) is 0 Å². The summed E-state index contributed by atoms with van der Waals surface area (Å²) in [4.78, 5) is 0. The molecule has 94 valence electrons. The molecule has 0 aromatic heterocycles. The number of benzene rings is 2. The van der Waals surface area contributed by atoms with E-state index in [0.717, 1.165) is 16.8 Å². The summed E-state index contributed by atoms with van der Waals surface area (Å²) < 4.78 is 24.9. The lowest BCUT2D eigenvalue weighted by Gasteiger charge is -2.07. The molecule has 0 spiro atoms. The highest BCUT2D eigenvalue weighted by Gasteiger charge is 1.96. The smallest absolute Gasteiger partial charge is 0.123 e. The Morgan fingerprint density at radius 2 is 1.44 bits per heavy atom. The van der Waals surface area contributed by atoms with Crippen molar-refractivity contribution < 1.29 is 8.78 Å². The summed E-state index contributed by atoms with van der Waals surface area (Å²) in [7, 11) is 0. The summed E-state index contributed by atoms with van der Waals surface area (Å²) in [5, 5.41) is 3.23. The van der Waals surface area contributed by atoms with E-state index in [9.17, 15) is 8.78 Å². The minimum atomic E-state index is -0.331. The Morgan fingerprint density at radius 1 is 0.833 bits per heavy atom. The molecule has 0 radical (unpaired) electrons. The van der Waals surface area contributed by atoms with E-state index in [1.165, 1.54) is 12.1 Å². The number of anilines is 1. The fraction of sp³-hybridized carbons (Fsp3) is 0.200. The highest BCUT2D eigenvalue weighted by atomic mass is 19.1. The molecule has 0 aliphatic heterocycles. The SMILES string of the molecule is FCCc1ccc(NCc2ccc(F)cc2)cc1. The summed E-state index contributed by atoms with van der Waals surface area (Å²) in [6, 6.07) is 14.1. The lowest BCUT2D eigenvalue weighted by atomic mass is 10.1. The fourth-order valence-electron chi connectivity index (χ4n) is 1.70. The molecule has 0 amide bonds. The van der Waals surface area contributed by atoms with E-state index in [-0.39, 0.29) is 12.5 Å². The van der Waals surface area contributed by atoms with E-state index in [1.54, 1.807) is 12.1 Å². The molecule has 3 heteroatoms. The molecule has 2 rings (SSSR count). The van der Waals surface area contributed by atoms with Crippen LogP contribution in [0.15, 0.2) is 48.5 Å². The van der Waals surface area contributed by atoms with Gasteiger partial charge in [0.15, 0.2) is 0 Å². The quantitative estimate of drug-likeness (QED) is 0.843. The van der Waals surface area contributed by atoms with Crippen molar-refractivity contribution in [2.24, 2.45) is 0 Å². The molecule has 0 aliphatic rings. The second kappa shape index (κ2) is 6.15. The molecule has 0 saturated heterocycles. The molecular formula is C15H15F2N. The summed E-state index contributed by atoms with van der Waals surface area (Å²) in [6.45, 7) is 0.311. The van der Waals surface area contributed by atoms with E-state index in [2.05, 4.69) is 5.32 Å². The Labute approximate surface area is 105 Å². The van der Waals surface area contributed by atoms with Crippen LogP contribution in [-0.4, -0.2) is 6.67 Å². The zero-order valence-electron chi connectivity index (χ0n) is 10.00. The van der Waals surface area contributed by atoms with E-state index in [4.69, 9.17) is 0 Å². The number of aryl methyl sites for hydroxylation is 1. The lowest BCUT2D eigenvalue weighted by Crippen LogP contribution is -1.99. The van der Waals surface area contributed by atoms with Gasteiger partial charge in [-0.05, 0) is 35.4 Å². The van der Waals surface area contributed by atoms with E-state index in [0.29, 0.717) is 13.0 Å². The first-order valence-corrected chi connectivity index (χ1v) is 5.91. The summed E-state index contributed by atoms with van der Waals surface area (Å²) in [6.07, 6.45) is 0.457. The van der Waals surface area contributed by atoms with E-state index in [1.807, 2.05) is 24.3 Å². The van der Waals surface area contributed by atoms with Gasteiger partial charge in [0.05, 0.1) is 6.67 Å². The molecule has 0 aliphatic carbocycles. The first-order chi connectivity index (χ1) is 8.78. The molecule has 0 heterocycles. The van der Waals surface area contributed by atoms with E-state index < -0.39 is 0 Å². The third kappa shape index (κ3) is 3.55. The molecule has 1 N–H and O–H groups in total. The minimum absolute atomic E-state index is 0.227. The van der Waals surface area contributed by atoms with Crippen LogP contribution in [0.2, 0.25) is 0 Å². The topological polar surface area (TPSA) is 12.0 Å². The number of rotatable bonds is 5. The predicted octanol–water partition coefficient (Wildman–Crippen LogP) is 3.95. The van der Waals surface area contributed by atoms with Crippen molar-refractivity contribution in [3.8, 4) is 0 Å². The molecule has 1 nitrogen and oxygen atoms in total. The number of nitrogens with one attached hydrogen (secondary N) is 1. The van der Waals surface area contributed by atoms with Gasteiger partial charge >= 0.3 is 0 Å². The normalized spacial score (nSPS) is 10.3. The zero-order valence-corrected chi connectivity index (χ0v) is 10.00. The highest BCUT2D eigenvalue weighted by Crippen LogP contribution is 2.12. The second-order valence-electron chi connectivity index (χ2n) is 4.12. The third-order valence-electron chi connectivity index (χ3n) is 2.75. The molecule has 18 heavy (non-hydrogen) atoms. The van der Waals surface area contributed by atoms with Gasteiger partial charge in [0.2, 0.25) is 0 Å². The molecule has 2 aromatic rings. The zero-order chi connectivity index (χ0) is 12.8. The van der Waals surface area contributed by atoms with Crippen LogP contribution in [0.1, 0.15) is 11.1 Å². The Kier molecular flexibility index (Phi) is 4.29. The van der Waals surface area contributed by atoms with Crippen molar-refractivity contribution in [1.82, 2.24) is 0 Å². The maximum Gasteiger partial charge on any atom is 0.123 e. The lowest BCUT2D eigenvalue weighted by molar-refractivity contribution is 0.495. The van der Waals surface area contributed by atoms with E-state index >= 15 is 0 Å². The maximum atomic E-state index is 12.7. The van der Waals surface area contributed by atoms with Crippen LogP contribution in [0, 0.1) is 5.82 Å². The fourth-order valence-corrected chi connectivity index (χ4v) is 1.70. The van der Waals surface area contributed by atoms with Crippen LogP contribution in [-0.2, 0) is 13.0 Å². The van der Waals surface area contributed by atoms with Crippen molar-refractivity contribution in [3.63, 3.8) is 0 Å². The average molecular weight is 247 g/mol. The summed E-state index contributed by atoms with van der Waals surface area (Å²) in [5.74, 6) is -0.227. The number of halogens is 2. The number of alkyl halides is 1. The van der Waals surface area contributed by atoms with Crippen molar-refractivity contribution in [2.75, 3.05) is 12.0 Å². The van der Waals surface area contributed by atoms with Crippen LogP contribution in [0.4, 0.5) is 14.5 Å². The largest absolute Gasteiger partial charge is 0.381 e. The van der Waals surface area contributed by atoms with Crippen molar-refractivity contribution in [2.45, 2.75) is 13.0 Å². The van der Waals surface area contributed by atoms with Gasteiger partial charge in [-0.1, -0.05) is 24.3 Å². The average Bonchev–Trinajstić information content (AvgIpc) is 2.40. The van der Waals surface area contributed by atoms with Crippen molar-refractivity contribution in [3.05, 3.63) is 65.5 Å². The summed E-state index contributed by atoms with van der Waals surface area (Å²) >= 11 is 0. The first kappa shape index (κ1) is 12.6. The monoisotopic (exact) mass is 247 g/mol. The van der Waals surface area contributed by atoms with Gasteiger partial charge in [-0.3, -0.25) is 4.39 Å². The van der Waals surface area contributed by atoms with Gasteiger partial charge in [-0.15, -0.1) is 0 Å². The van der Waals surface area contributed by atoms with Crippen LogP contribution in [0.25, 0.3) is 0 Å². The molecule has 2 aromatic carbocycles. The van der Waals surface area contributed by atoms with Gasteiger partial charge in [-0.2, -0.15) is 0 Å². The Hall–Kier alpha value is -1.90. The predicted molar refractivity (Wildman–Crippen MR) is 69.8 cm³/mol. The number of hydrogen-bond donors (Lipinski definition) is 1. The van der Waals surface area contributed by atoms with Gasteiger partial charge in [-0.25, -0.2) is 4.39 Å². The Morgan fingerprint density at radius 3 is 2.06 bits per heavy atom. The molecular weight excluding hydrogens is 232 g/mol. The van der Waals surface area contributed by atoms with Crippen LogP contribution < -0.4 is 5.32 Å². The molecule has 0 bridgehead atoms. The van der Waals surface area contributed by atoms with Gasteiger partial charge in [0.1, 0.15) is 5.82 Å². The van der Waals surface area contributed by atoms with Crippen LogP contribution in [0.5, 0.6) is 0 Å². The minimum Gasteiger partial charge on any atom is -0.381 e. The molecule has 0 saturated carbocycles. The van der Waals surface area contributed by atoms with Crippen LogP contribution in [0.3, 0.4) is 0 Å². The molecule has 0 atom stereocenters. The standard InChI is InChI=1S/C15H15F2N/c16-10-9-12-3-7-15(8-4-12)18-11-13-1-5-14(17)6-2-13/h1-8,18H,9-11H2. The van der Waals surface area contributed by atoms with Crippen LogP contribution >= 0.6 is 0 Å². The maximum absolute atomic E-state index is 12.7. The third-order valence-corrected chi connectivity index (χ3v) is 2.75. The van der Waals surface area contributed by atoms with Gasteiger partial charge in [0, 0.05) is 18.7 Å². The van der Waals surface area contributed by atoms with Gasteiger partial charge < -0.3 is 5.32 Å². The molecule has 0 fully saturated rings. The summed E-state index contributed by atoms with van der Waals surface area (Å²) in [5.41, 5.74) is 2.98. The first-order valence-electron chi connectivity index (χ1n) is 5.91. The number of hydrogen-bond acceptors (Lipinski definition) is 1. The second-order valence-corrected chi connectivity index (χ2v) is 4.12. The van der Waals surface area contributed by atoms with Crippen molar-refractivity contribution in [1.29, 1.82) is 0 Å². The Bertz CT molecular complexity index is 477. The van der Waals surface area contributed by atoms with Crippen molar-refractivity contribution >= 4 is 5.69 Å². The Balaban J connectivity index is 1.91.